The van der Waals surface area contributed by atoms with Crippen LogP contribution in [-0.2, 0) is 0 Å². The third-order valence-electron chi connectivity index (χ3n) is 1.79. The minimum atomic E-state index is -0.226. The molecule has 14 heavy (non-hydrogen) atoms. The van der Waals surface area contributed by atoms with Crippen molar-refractivity contribution in [2.45, 2.75) is 18.9 Å². The van der Waals surface area contributed by atoms with Gasteiger partial charge in [-0.3, -0.25) is 4.98 Å². The molecule has 1 aromatic rings. The number of hydrogen-bond acceptors (Lipinski definition) is 2. The topological polar surface area (TPSA) is 38.9 Å². The van der Waals surface area contributed by atoms with Crippen LogP contribution in [0.4, 0.5) is 0 Å². The van der Waals surface area contributed by atoms with Crippen LogP contribution >= 0.6 is 23.2 Å². The molecular weight excluding hydrogens is 219 g/mol. The monoisotopic (exact) mass is 228 g/mol. The number of nitrogens with zero attached hydrogens (tertiary/aromatic N) is 1. The van der Waals surface area contributed by atoms with E-state index in [1.807, 2.05) is 0 Å². The molecule has 0 amide bonds. The number of pyridine rings is 1. The number of hydrogen-bond donors (Lipinski definition) is 1. The van der Waals surface area contributed by atoms with Gasteiger partial charge in [-0.1, -0.05) is 23.2 Å². The van der Waals surface area contributed by atoms with Gasteiger partial charge in [0.15, 0.2) is 0 Å². The van der Waals surface area contributed by atoms with E-state index in [2.05, 4.69) is 10.9 Å². The van der Waals surface area contributed by atoms with E-state index in [0.717, 1.165) is 0 Å². The standard InChI is InChI=1S/C10H10Cl2N2/c1-2-3-4-9(13)10-8(12)5-7(11)6-14-10/h1,5-6,9H,3-4,13H2. The molecule has 0 spiro atoms. The molecule has 1 unspecified atom stereocenters. The van der Waals surface area contributed by atoms with Gasteiger partial charge < -0.3 is 5.73 Å². The largest absolute Gasteiger partial charge is 0.323 e. The maximum Gasteiger partial charge on any atom is 0.0758 e. The van der Waals surface area contributed by atoms with Crippen LogP contribution in [0.5, 0.6) is 0 Å². The summed E-state index contributed by atoms with van der Waals surface area (Å²) in [6, 6.07) is 1.40. The number of rotatable bonds is 3. The lowest BCUT2D eigenvalue weighted by Crippen LogP contribution is -2.12. The van der Waals surface area contributed by atoms with E-state index < -0.39 is 0 Å². The first-order chi connectivity index (χ1) is 6.65. The maximum absolute atomic E-state index is 5.92. The zero-order chi connectivity index (χ0) is 10.6. The van der Waals surface area contributed by atoms with Gasteiger partial charge in [-0.15, -0.1) is 12.3 Å². The smallest absolute Gasteiger partial charge is 0.0758 e. The van der Waals surface area contributed by atoms with Crippen LogP contribution in [0.2, 0.25) is 10.0 Å². The second kappa shape index (κ2) is 5.21. The summed E-state index contributed by atoms with van der Waals surface area (Å²) in [6.45, 7) is 0. The summed E-state index contributed by atoms with van der Waals surface area (Å²) in [5.41, 5.74) is 6.49. The average Bonchev–Trinajstić information content (AvgIpc) is 2.14. The van der Waals surface area contributed by atoms with E-state index in [0.29, 0.717) is 28.6 Å². The summed E-state index contributed by atoms with van der Waals surface area (Å²) >= 11 is 11.6. The Balaban J connectivity index is 2.80. The Kier molecular flexibility index (Phi) is 4.21. The fourth-order valence-corrected chi connectivity index (χ4v) is 1.59. The molecule has 0 saturated heterocycles. The van der Waals surface area contributed by atoms with Gasteiger partial charge in [0.2, 0.25) is 0 Å². The Morgan fingerprint density at radius 2 is 2.29 bits per heavy atom. The number of terminal acetylenes is 1. The molecule has 0 bridgehead atoms. The maximum atomic E-state index is 5.92. The predicted octanol–water partition coefficient (Wildman–Crippen LogP) is 2.80. The second-order valence-corrected chi connectivity index (χ2v) is 3.71. The Labute approximate surface area is 93.4 Å². The van der Waals surface area contributed by atoms with Gasteiger partial charge in [0.1, 0.15) is 0 Å². The molecule has 0 fully saturated rings. The summed E-state index contributed by atoms with van der Waals surface area (Å²) < 4.78 is 0. The summed E-state index contributed by atoms with van der Waals surface area (Å²) in [7, 11) is 0. The summed E-state index contributed by atoms with van der Waals surface area (Å²) in [5, 5.41) is 0.991. The first-order valence-electron chi connectivity index (χ1n) is 4.15. The first kappa shape index (κ1) is 11.3. The van der Waals surface area contributed by atoms with E-state index in [9.17, 15) is 0 Å². The molecule has 2 nitrogen and oxygen atoms in total. The van der Waals surface area contributed by atoms with Crippen molar-refractivity contribution in [1.29, 1.82) is 0 Å². The lowest BCUT2D eigenvalue weighted by atomic mass is 10.1. The van der Waals surface area contributed by atoms with Gasteiger partial charge in [0.25, 0.3) is 0 Å². The summed E-state index contributed by atoms with van der Waals surface area (Å²) in [4.78, 5) is 4.07. The zero-order valence-corrected chi connectivity index (χ0v) is 9.02. The molecule has 1 atom stereocenters. The number of halogens is 2. The number of aromatic nitrogens is 1. The Morgan fingerprint density at radius 3 is 2.86 bits per heavy atom. The van der Waals surface area contributed by atoms with E-state index in [-0.39, 0.29) is 6.04 Å². The highest BCUT2D eigenvalue weighted by molar-refractivity contribution is 6.34. The van der Waals surface area contributed by atoms with Crippen LogP contribution in [0, 0.1) is 12.3 Å². The second-order valence-electron chi connectivity index (χ2n) is 2.87. The molecular formula is C10H10Cl2N2. The van der Waals surface area contributed by atoms with E-state index in [1.54, 1.807) is 6.07 Å². The Morgan fingerprint density at radius 1 is 1.57 bits per heavy atom. The zero-order valence-electron chi connectivity index (χ0n) is 7.50. The SMILES string of the molecule is C#CCCC(N)c1ncc(Cl)cc1Cl. The summed E-state index contributed by atoms with van der Waals surface area (Å²) in [5.74, 6) is 2.52. The van der Waals surface area contributed by atoms with Crippen LogP contribution in [-0.4, -0.2) is 4.98 Å². The van der Waals surface area contributed by atoms with Crippen molar-refractivity contribution in [3.8, 4) is 12.3 Å². The van der Waals surface area contributed by atoms with E-state index >= 15 is 0 Å². The molecule has 0 aliphatic rings. The minimum Gasteiger partial charge on any atom is -0.323 e. The highest BCUT2D eigenvalue weighted by Crippen LogP contribution is 2.24. The van der Waals surface area contributed by atoms with Crippen LogP contribution in [0.15, 0.2) is 12.3 Å². The highest BCUT2D eigenvalue weighted by atomic mass is 35.5. The third-order valence-corrected chi connectivity index (χ3v) is 2.30. The normalized spacial score (nSPS) is 12.1. The molecule has 1 rings (SSSR count). The fraction of sp³-hybridized carbons (Fsp3) is 0.300. The molecule has 0 aliphatic heterocycles. The van der Waals surface area contributed by atoms with Crippen molar-refractivity contribution in [3.05, 3.63) is 28.0 Å². The first-order valence-corrected chi connectivity index (χ1v) is 4.90. The van der Waals surface area contributed by atoms with Crippen molar-refractivity contribution in [1.82, 2.24) is 4.98 Å². The van der Waals surface area contributed by atoms with Crippen molar-refractivity contribution >= 4 is 23.2 Å². The van der Waals surface area contributed by atoms with Crippen molar-refractivity contribution in [2.75, 3.05) is 0 Å². The average molecular weight is 229 g/mol. The van der Waals surface area contributed by atoms with Crippen molar-refractivity contribution in [3.63, 3.8) is 0 Å². The molecule has 2 N–H and O–H groups in total. The summed E-state index contributed by atoms with van der Waals surface area (Å²) in [6.07, 6.45) is 7.95. The van der Waals surface area contributed by atoms with Crippen LogP contribution in [0.1, 0.15) is 24.6 Å². The molecule has 1 aromatic heterocycles. The van der Waals surface area contributed by atoms with E-state index in [4.69, 9.17) is 35.4 Å². The third kappa shape index (κ3) is 2.88. The van der Waals surface area contributed by atoms with Gasteiger partial charge in [-0.05, 0) is 12.5 Å². The van der Waals surface area contributed by atoms with Crippen LogP contribution in [0.3, 0.4) is 0 Å². The fourth-order valence-electron chi connectivity index (χ4n) is 1.07. The number of nitrogens with two attached hydrogens (primary N) is 1. The Bertz CT molecular complexity index is 358. The van der Waals surface area contributed by atoms with Crippen LogP contribution < -0.4 is 5.73 Å². The van der Waals surface area contributed by atoms with E-state index in [1.165, 1.54) is 6.20 Å². The highest BCUT2D eigenvalue weighted by Gasteiger charge is 2.11. The van der Waals surface area contributed by atoms with Crippen LogP contribution in [0.25, 0.3) is 0 Å². The molecule has 0 aromatic carbocycles. The van der Waals surface area contributed by atoms with Crippen molar-refractivity contribution in [2.24, 2.45) is 5.73 Å². The van der Waals surface area contributed by atoms with Gasteiger partial charge in [0.05, 0.1) is 15.7 Å². The van der Waals surface area contributed by atoms with Gasteiger partial charge >= 0.3 is 0 Å². The molecule has 0 radical (unpaired) electrons. The molecule has 0 aliphatic carbocycles. The Hall–Kier alpha value is -0.750. The van der Waals surface area contributed by atoms with Crippen molar-refractivity contribution < 1.29 is 0 Å². The molecule has 1 heterocycles. The lowest BCUT2D eigenvalue weighted by Gasteiger charge is -2.10. The van der Waals surface area contributed by atoms with Gasteiger partial charge in [0, 0.05) is 18.7 Å². The molecule has 4 heteroatoms. The molecule has 0 saturated carbocycles. The quantitative estimate of drug-likeness (QED) is 0.809. The van der Waals surface area contributed by atoms with Gasteiger partial charge in [-0.2, -0.15) is 0 Å². The predicted molar refractivity (Wildman–Crippen MR) is 59.3 cm³/mol. The minimum absolute atomic E-state index is 0.226. The van der Waals surface area contributed by atoms with Gasteiger partial charge in [-0.25, -0.2) is 0 Å². The lowest BCUT2D eigenvalue weighted by molar-refractivity contribution is 0.648. The molecule has 74 valence electrons.